The van der Waals surface area contributed by atoms with E-state index in [1.165, 1.54) is 6.42 Å². The minimum Gasteiger partial charge on any atom is -0.330 e. The lowest BCUT2D eigenvalue weighted by molar-refractivity contribution is 0.123. The summed E-state index contributed by atoms with van der Waals surface area (Å²) in [6.07, 6.45) is 1.18. The van der Waals surface area contributed by atoms with Gasteiger partial charge in [-0.05, 0) is 31.8 Å². The van der Waals surface area contributed by atoms with Crippen LogP contribution in [0.15, 0.2) is 0 Å². The maximum Gasteiger partial charge on any atom is 0.0112 e. The van der Waals surface area contributed by atoms with Crippen LogP contribution in [0.4, 0.5) is 0 Å². The first-order valence-electron chi connectivity index (χ1n) is 5.73. The van der Waals surface area contributed by atoms with Gasteiger partial charge in [-0.15, -0.1) is 0 Å². The molecular formula is C12H28N2. The van der Waals surface area contributed by atoms with Gasteiger partial charge in [-0.25, -0.2) is 0 Å². The molecule has 0 saturated carbocycles. The van der Waals surface area contributed by atoms with Crippen molar-refractivity contribution in [1.29, 1.82) is 0 Å². The SMILES string of the molecule is CCC(CN)CN(C)C(C)C(C)(C)C. The quantitative estimate of drug-likeness (QED) is 0.738. The van der Waals surface area contributed by atoms with Crippen LogP contribution in [-0.2, 0) is 0 Å². The fraction of sp³-hybridized carbons (Fsp3) is 1.00. The van der Waals surface area contributed by atoms with E-state index >= 15 is 0 Å². The highest BCUT2D eigenvalue weighted by Crippen LogP contribution is 2.23. The van der Waals surface area contributed by atoms with Gasteiger partial charge in [0.2, 0.25) is 0 Å². The van der Waals surface area contributed by atoms with Crippen LogP contribution in [0.1, 0.15) is 41.0 Å². The van der Waals surface area contributed by atoms with E-state index in [2.05, 4.69) is 46.6 Å². The molecule has 0 aliphatic carbocycles. The van der Waals surface area contributed by atoms with E-state index in [4.69, 9.17) is 5.73 Å². The zero-order valence-corrected chi connectivity index (χ0v) is 10.8. The smallest absolute Gasteiger partial charge is 0.0112 e. The highest BCUT2D eigenvalue weighted by atomic mass is 15.1. The molecule has 0 heterocycles. The van der Waals surface area contributed by atoms with Crippen molar-refractivity contribution in [3.05, 3.63) is 0 Å². The second-order valence-electron chi connectivity index (χ2n) is 5.49. The molecule has 0 radical (unpaired) electrons. The molecule has 0 fully saturated rings. The normalized spacial score (nSPS) is 17.1. The van der Waals surface area contributed by atoms with Gasteiger partial charge >= 0.3 is 0 Å². The van der Waals surface area contributed by atoms with Gasteiger partial charge < -0.3 is 10.6 Å². The number of nitrogens with zero attached hydrogens (tertiary/aromatic N) is 1. The molecule has 0 aromatic carbocycles. The molecule has 0 aliphatic rings. The van der Waals surface area contributed by atoms with Crippen LogP contribution >= 0.6 is 0 Å². The first-order valence-corrected chi connectivity index (χ1v) is 5.73. The lowest BCUT2D eigenvalue weighted by Crippen LogP contribution is -2.42. The predicted octanol–water partition coefficient (Wildman–Crippen LogP) is 2.34. The number of hydrogen-bond donors (Lipinski definition) is 1. The summed E-state index contributed by atoms with van der Waals surface area (Å²) in [4.78, 5) is 2.43. The van der Waals surface area contributed by atoms with Crippen molar-refractivity contribution in [3.8, 4) is 0 Å². The van der Waals surface area contributed by atoms with Gasteiger partial charge in [0.15, 0.2) is 0 Å². The van der Waals surface area contributed by atoms with Gasteiger partial charge in [0.05, 0.1) is 0 Å². The molecule has 2 nitrogen and oxygen atoms in total. The third-order valence-electron chi connectivity index (χ3n) is 3.37. The van der Waals surface area contributed by atoms with Crippen molar-refractivity contribution in [1.82, 2.24) is 4.90 Å². The second-order valence-corrected chi connectivity index (χ2v) is 5.49. The Balaban J connectivity index is 4.13. The summed E-state index contributed by atoms with van der Waals surface area (Å²) in [6.45, 7) is 13.3. The molecule has 0 aliphatic heterocycles. The zero-order chi connectivity index (χ0) is 11.4. The van der Waals surface area contributed by atoms with Crippen molar-refractivity contribution in [2.24, 2.45) is 17.1 Å². The van der Waals surface area contributed by atoms with Crippen molar-refractivity contribution in [2.75, 3.05) is 20.1 Å². The van der Waals surface area contributed by atoms with E-state index in [0.29, 0.717) is 17.4 Å². The van der Waals surface area contributed by atoms with Gasteiger partial charge in [-0.1, -0.05) is 34.1 Å². The Labute approximate surface area is 89.9 Å². The summed E-state index contributed by atoms with van der Waals surface area (Å²) < 4.78 is 0. The molecule has 0 saturated heterocycles. The van der Waals surface area contributed by atoms with Crippen LogP contribution in [0.25, 0.3) is 0 Å². The van der Waals surface area contributed by atoms with Crippen LogP contribution in [-0.4, -0.2) is 31.1 Å². The fourth-order valence-corrected chi connectivity index (χ4v) is 1.60. The molecule has 2 atom stereocenters. The maximum absolute atomic E-state index is 5.71. The molecule has 2 unspecified atom stereocenters. The van der Waals surface area contributed by atoms with Gasteiger partial charge in [0, 0.05) is 12.6 Å². The van der Waals surface area contributed by atoms with E-state index < -0.39 is 0 Å². The standard InChI is InChI=1S/C12H28N2/c1-7-11(8-13)9-14(6)10(2)12(3,4)5/h10-11H,7-9,13H2,1-6H3. The molecule has 0 amide bonds. The Morgan fingerprint density at radius 3 is 2.07 bits per heavy atom. The van der Waals surface area contributed by atoms with Gasteiger partial charge in [-0.2, -0.15) is 0 Å². The maximum atomic E-state index is 5.71. The molecule has 0 bridgehead atoms. The van der Waals surface area contributed by atoms with Crippen molar-refractivity contribution >= 4 is 0 Å². The van der Waals surface area contributed by atoms with Gasteiger partial charge in [0.1, 0.15) is 0 Å². The van der Waals surface area contributed by atoms with Crippen molar-refractivity contribution < 1.29 is 0 Å². The monoisotopic (exact) mass is 200 g/mol. The molecular weight excluding hydrogens is 172 g/mol. The van der Waals surface area contributed by atoms with Gasteiger partial charge in [0.25, 0.3) is 0 Å². The summed E-state index contributed by atoms with van der Waals surface area (Å²) in [6, 6.07) is 0.600. The van der Waals surface area contributed by atoms with Crippen LogP contribution in [0.3, 0.4) is 0 Å². The highest BCUT2D eigenvalue weighted by Gasteiger charge is 2.24. The predicted molar refractivity (Wildman–Crippen MR) is 64.4 cm³/mol. The van der Waals surface area contributed by atoms with E-state index in [0.717, 1.165) is 13.1 Å². The Kier molecular flexibility index (Phi) is 5.68. The van der Waals surface area contributed by atoms with Crippen molar-refractivity contribution in [2.45, 2.75) is 47.1 Å². The lowest BCUT2D eigenvalue weighted by Gasteiger charge is -2.37. The molecule has 14 heavy (non-hydrogen) atoms. The molecule has 0 aromatic heterocycles. The third kappa shape index (κ3) is 4.43. The molecule has 86 valence electrons. The first kappa shape index (κ1) is 13.9. The van der Waals surface area contributed by atoms with E-state index in [1.807, 2.05) is 0 Å². The zero-order valence-electron chi connectivity index (χ0n) is 10.8. The average molecular weight is 200 g/mol. The molecule has 2 N–H and O–H groups in total. The fourth-order valence-electron chi connectivity index (χ4n) is 1.60. The summed E-state index contributed by atoms with van der Waals surface area (Å²) in [5.74, 6) is 0.643. The number of rotatable bonds is 5. The topological polar surface area (TPSA) is 29.3 Å². The van der Waals surface area contributed by atoms with Crippen LogP contribution in [0.2, 0.25) is 0 Å². The largest absolute Gasteiger partial charge is 0.330 e. The minimum absolute atomic E-state index is 0.349. The molecule has 0 spiro atoms. The summed E-state index contributed by atoms with van der Waals surface area (Å²) in [7, 11) is 2.20. The van der Waals surface area contributed by atoms with E-state index in [1.54, 1.807) is 0 Å². The summed E-state index contributed by atoms with van der Waals surface area (Å²) in [5, 5.41) is 0. The second kappa shape index (κ2) is 5.72. The Hall–Kier alpha value is -0.0800. The molecule has 0 aromatic rings. The highest BCUT2D eigenvalue weighted by molar-refractivity contribution is 4.78. The molecule has 0 rings (SSSR count). The number of hydrogen-bond acceptors (Lipinski definition) is 2. The van der Waals surface area contributed by atoms with E-state index in [9.17, 15) is 0 Å². The van der Waals surface area contributed by atoms with Crippen LogP contribution in [0.5, 0.6) is 0 Å². The number of nitrogens with two attached hydrogens (primary N) is 1. The lowest BCUT2D eigenvalue weighted by atomic mass is 9.86. The van der Waals surface area contributed by atoms with Crippen LogP contribution in [0, 0.1) is 11.3 Å². The average Bonchev–Trinajstić information content (AvgIpc) is 2.11. The first-order chi connectivity index (χ1) is 6.32. The van der Waals surface area contributed by atoms with Gasteiger partial charge in [-0.3, -0.25) is 0 Å². The molecule has 2 heteroatoms. The van der Waals surface area contributed by atoms with Crippen LogP contribution < -0.4 is 5.73 Å². The summed E-state index contributed by atoms with van der Waals surface area (Å²) in [5.41, 5.74) is 6.06. The third-order valence-corrected chi connectivity index (χ3v) is 3.37. The summed E-state index contributed by atoms with van der Waals surface area (Å²) >= 11 is 0. The Morgan fingerprint density at radius 2 is 1.79 bits per heavy atom. The minimum atomic E-state index is 0.349. The Bertz CT molecular complexity index is 145. The van der Waals surface area contributed by atoms with Crippen molar-refractivity contribution in [3.63, 3.8) is 0 Å². The Morgan fingerprint density at radius 1 is 1.29 bits per heavy atom. The van der Waals surface area contributed by atoms with E-state index in [-0.39, 0.29) is 0 Å².